The van der Waals surface area contributed by atoms with Gasteiger partial charge in [-0.15, -0.1) is 0 Å². The van der Waals surface area contributed by atoms with Gasteiger partial charge < -0.3 is 37.9 Å². The molecule has 0 fully saturated rings. The van der Waals surface area contributed by atoms with Crippen LogP contribution >= 0.6 is 21.6 Å². The van der Waals surface area contributed by atoms with E-state index in [1.807, 2.05) is 83.9 Å². The van der Waals surface area contributed by atoms with E-state index in [1.54, 1.807) is 13.8 Å². The van der Waals surface area contributed by atoms with Crippen molar-refractivity contribution >= 4 is 39.7 Å². The first kappa shape index (κ1) is 49.6. The molecule has 0 saturated carbocycles. The minimum atomic E-state index is -0.689. The molecule has 0 aromatic heterocycles. The van der Waals surface area contributed by atoms with Crippen LogP contribution < -0.4 is 0 Å². The average Bonchev–Trinajstić information content (AvgIpc) is 2.85. The first-order valence-corrected chi connectivity index (χ1v) is 17.6. The lowest BCUT2D eigenvalue weighted by molar-refractivity contribution is -0.168. The predicted octanol–water partition coefficient (Wildman–Crippen LogP) is 8.02. The van der Waals surface area contributed by atoms with E-state index in [9.17, 15) is 14.4 Å². The van der Waals surface area contributed by atoms with E-state index < -0.39 is 11.6 Å². The fourth-order valence-electron chi connectivity index (χ4n) is 1.66. The SMILES string of the molecule is CC(=O)OCOC(C)C.CC(C)OCOC(=O)C(C)(C)C.CC(C)OCOC(=O)OC(C)C.CCCSSCCOC(C)C. The van der Waals surface area contributed by atoms with Crippen LogP contribution in [0.15, 0.2) is 0 Å². The average molecular weight is 677 g/mol. The number of hydrogen-bond donors (Lipinski definition) is 0. The van der Waals surface area contributed by atoms with E-state index in [-0.39, 0.29) is 56.7 Å². The fourth-order valence-corrected chi connectivity index (χ4v) is 3.63. The maximum atomic E-state index is 11.1. The van der Waals surface area contributed by atoms with E-state index in [0.717, 1.165) is 12.4 Å². The minimum absolute atomic E-state index is 0.0494. The molecule has 0 unspecified atom stereocenters. The van der Waals surface area contributed by atoms with Gasteiger partial charge >= 0.3 is 18.1 Å². The van der Waals surface area contributed by atoms with Crippen LogP contribution in [0.25, 0.3) is 0 Å². The number of rotatable bonds is 17. The Morgan fingerprint density at radius 1 is 0.591 bits per heavy atom. The van der Waals surface area contributed by atoms with Crippen molar-refractivity contribution < 1.29 is 52.3 Å². The molecule has 0 amide bonds. The van der Waals surface area contributed by atoms with Crippen molar-refractivity contribution in [3.8, 4) is 0 Å². The Morgan fingerprint density at radius 2 is 1.00 bits per heavy atom. The van der Waals surface area contributed by atoms with Crippen molar-refractivity contribution in [3.05, 3.63) is 0 Å². The molecule has 11 nitrogen and oxygen atoms in total. The summed E-state index contributed by atoms with van der Waals surface area (Å²) in [5.74, 6) is 1.83. The maximum absolute atomic E-state index is 11.1. The smallest absolute Gasteiger partial charge is 0.439 e. The van der Waals surface area contributed by atoms with Gasteiger partial charge in [-0.2, -0.15) is 0 Å². The second-order valence-corrected chi connectivity index (χ2v) is 14.1. The summed E-state index contributed by atoms with van der Waals surface area (Å²) in [6.07, 6.45) is 1.07. The molecule has 13 heteroatoms. The van der Waals surface area contributed by atoms with Gasteiger partial charge in [0.05, 0.1) is 42.5 Å². The van der Waals surface area contributed by atoms with Gasteiger partial charge in [-0.25, -0.2) is 4.79 Å². The second-order valence-electron chi connectivity index (χ2n) is 11.4. The number of carbonyl (C=O) groups is 3. The molecule has 266 valence electrons. The van der Waals surface area contributed by atoms with Crippen molar-refractivity contribution in [3.63, 3.8) is 0 Å². The van der Waals surface area contributed by atoms with Crippen molar-refractivity contribution in [2.45, 2.75) is 141 Å². The summed E-state index contributed by atoms with van der Waals surface area (Å²) in [4.78, 5) is 32.0. The molecule has 0 bridgehead atoms. The Bertz CT molecular complexity index is 665. The minimum Gasteiger partial charge on any atom is -0.439 e. The van der Waals surface area contributed by atoms with Gasteiger partial charge in [0.15, 0.2) is 20.4 Å². The van der Waals surface area contributed by atoms with Crippen LogP contribution in [0.4, 0.5) is 4.79 Å². The Hall–Kier alpha value is -1.25. The zero-order valence-corrected chi connectivity index (χ0v) is 31.8. The van der Waals surface area contributed by atoms with Crippen molar-refractivity contribution in [2.24, 2.45) is 5.41 Å². The molecule has 0 heterocycles. The summed E-state index contributed by atoms with van der Waals surface area (Å²) in [6.45, 7) is 28.9. The van der Waals surface area contributed by atoms with Crippen LogP contribution in [-0.2, 0) is 47.5 Å². The molecular formula is C31H64O11S2. The monoisotopic (exact) mass is 676 g/mol. The van der Waals surface area contributed by atoms with Crippen LogP contribution in [0.5, 0.6) is 0 Å². The fraction of sp³-hybridized carbons (Fsp3) is 0.903. The topological polar surface area (TPSA) is 125 Å². The number of carbonyl (C=O) groups excluding carboxylic acids is 3. The molecular weight excluding hydrogens is 612 g/mol. The Morgan fingerprint density at radius 3 is 1.36 bits per heavy atom. The van der Waals surface area contributed by atoms with Crippen LogP contribution in [0.2, 0.25) is 0 Å². The molecule has 0 N–H and O–H groups in total. The summed E-state index contributed by atoms with van der Waals surface area (Å²) >= 11 is 0. The lowest BCUT2D eigenvalue weighted by atomic mass is 9.98. The zero-order valence-electron chi connectivity index (χ0n) is 30.1. The second kappa shape index (κ2) is 33.1. The Kier molecular flexibility index (Phi) is 37.4. The maximum Gasteiger partial charge on any atom is 0.510 e. The van der Waals surface area contributed by atoms with Gasteiger partial charge in [0.1, 0.15) is 0 Å². The molecule has 44 heavy (non-hydrogen) atoms. The van der Waals surface area contributed by atoms with Gasteiger partial charge in [0.2, 0.25) is 0 Å². The summed E-state index contributed by atoms with van der Waals surface area (Å²) in [7, 11) is 3.85. The zero-order chi connectivity index (χ0) is 35.1. The highest BCUT2D eigenvalue weighted by molar-refractivity contribution is 8.76. The summed E-state index contributed by atoms with van der Waals surface area (Å²) in [5, 5.41) is 0. The summed E-state index contributed by atoms with van der Waals surface area (Å²) in [5.41, 5.74) is -0.444. The molecule has 0 aromatic carbocycles. The van der Waals surface area contributed by atoms with Gasteiger partial charge in [0, 0.05) is 18.4 Å². The molecule has 0 radical (unpaired) electrons. The van der Waals surface area contributed by atoms with Crippen molar-refractivity contribution in [2.75, 3.05) is 38.5 Å². The summed E-state index contributed by atoms with van der Waals surface area (Å²) in [6, 6.07) is 0. The molecule has 0 saturated heterocycles. The van der Waals surface area contributed by atoms with Crippen molar-refractivity contribution in [1.29, 1.82) is 0 Å². The van der Waals surface area contributed by atoms with Gasteiger partial charge in [0.25, 0.3) is 0 Å². The molecule has 0 rings (SSSR count). The van der Waals surface area contributed by atoms with Gasteiger partial charge in [-0.05, 0) is 96.4 Å². The van der Waals surface area contributed by atoms with E-state index in [0.29, 0.717) is 6.10 Å². The predicted molar refractivity (Wildman–Crippen MR) is 180 cm³/mol. The first-order valence-electron chi connectivity index (χ1n) is 15.1. The Balaban J connectivity index is -0.000000244. The quantitative estimate of drug-likeness (QED) is 0.0486. The molecule has 0 aliphatic carbocycles. The lowest BCUT2D eigenvalue weighted by Gasteiger charge is -2.17. The first-order chi connectivity index (χ1) is 20.3. The van der Waals surface area contributed by atoms with Crippen molar-refractivity contribution in [1.82, 2.24) is 0 Å². The van der Waals surface area contributed by atoms with Gasteiger partial charge in [-0.1, -0.05) is 28.5 Å². The molecule has 0 atom stereocenters. The third-order valence-electron chi connectivity index (χ3n) is 3.77. The third-order valence-corrected chi connectivity index (χ3v) is 6.34. The van der Waals surface area contributed by atoms with Crippen LogP contribution in [0.3, 0.4) is 0 Å². The van der Waals surface area contributed by atoms with Crippen LogP contribution in [0, 0.1) is 5.41 Å². The molecule has 0 spiro atoms. The van der Waals surface area contributed by atoms with E-state index in [4.69, 9.17) is 28.4 Å². The molecule has 0 aliphatic heterocycles. The van der Waals surface area contributed by atoms with E-state index in [1.165, 1.54) is 19.1 Å². The highest BCUT2D eigenvalue weighted by atomic mass is 33.1. The van der Waals surface area contributed by atoms with Crippen LogP contribution in [0.1, 0.15) is 110 Å². The third kappa shape index (κ3) is 53.3. The van der Waals surface area contributed by atoms with Crippen LogP contribution in [-0.4, -0.2) is 87.1 Å². The molecule has 0 aromatic rings. The largest absolute Gasteiger partial charge is 0.510 e. The number of hydrogen-bond acceptors (Lipinski definition) is 13. The summed E-state index contributed by atoms with van der Waals surface area (Å²) < 4.78 is 39.0. The number of ether oxygens (including phenoxy) is 8. The Labute approximate surface area is 276 Å². The highest BCUT2D eigenvalue weighted by Crippen LogP contribution is 2.21. The van der Waals surface area contributed by atoms with E-state index >= 15 is 0 Å². The standard InChI is InChI=1S/C9H18O3.C8H16O4.C8H18OS2.C6H12O3/c1-7(2)11-6-12-8(10)9(3,4)5;1-6(2)10-5-11-8(9)12-7(3)4;1-4-6-10-11-7-5-9-8(2)3;1-5(2)8-4-9-6(3)7/h7H,6H2,1-5H3;6-7H,5H2,1-4H3;8H,4-7H2,1-3H3;5H,4H2,1-3H3. The van der Waals surface area contributed by atoms with Gasteiger partial charge in [-0.3, -0.25) is 9.59 Å². The lowest BCUT2D eigenvalue weighted by Crippen LogP contribution is -2.24. The van der Waals surface area contributed by atoms with E-state index in [2.05, 4.69) is 30.2 Å². The number of esters is 2. The highest BCUT2D eigenvalue weighted by Gasteiger charge is 2.22. The molecule has 0 aliphatic rings. The normalized spacial score (nSPS) is 10.8.